The zero-order chi connectivity index (χ0) is 18.6. The highest BCUT2D eigenvalue weighted by atomic mass is 16.6. The van der Waals surface area contributed by atoms with Crippen molar-refractivity contribution in [1.82, 2.24) is 19.6 Å². The monoisotopic (exact) mass is 358 g/mol. The molecule has 2 aromatic heterocycles. The minimum absolute atomic E-state index is 0.178. The highest BCUT2D eigenvalue weighted by Crippen LogP contribution is 2.22. The van der Waals surface area contributed by atoms with Gasteiger partial charge in [0.05, 0.1) is 0 Å². The third-order valence-corrected chi connectivity index (χ3v) is 4.81. The average molecular weight is 358 g/mol. The molecule has 0 bridgehead atoms. The Bertz CT molecular complexity index is 727. The largest absolute Gasteiger partial charge is 0.444 e. The van der Waals surface area contributed by atoms with Gasteiger partial charge < -0.3 is 19.4 Å². The van der Waals surface area contributed by atoms with Gasteiger partial charge in [0.25, 0.3) is 0 Å². The first-order chi connectivity index (χ1) is 12.4. The molecule has 1 saturated heterocycles. The second-order valence-corrected chi connectivity index (χ2v) is 8.05. The standard InChI is InChI=1S/C20H30N4O2/c1-20(2,3)26-19(25)23-12-8-16(9-13-23)7-10-21-15-17-5-4-6-18-22-11-14-24(17)18/h4-6,11,14,16,21H,7-10,12-13,15H2,1-3H3. The van der Waals surface area contributed by atoms with E-state index in [1.54, 1.807) is 0 Å². The first kappa shape index (κ1) is 18.7. The van der Waals surface area contributed by atoms with Gasteiger partial charge in [0.1, 0.15) is 11.2 Å². The Hall–Kier alpha value is -2.08. The molecule has 3 rings (SSSR count). The highest BCUT2D eigenvalue weighted by molar-refractivity contribution is 5.68. The number of likely N-dealkylation sites (tertiary alicyclic amines) is 1. The number of fused-ring (bicyclic) bond motifs is 1. The molecular formula is C20H30N4O2. The zero-order valence-corrected chi connectivity index (χ0v) is 16.1. The summed E-state index contributed by atoms with van der Waals surface area (Å²) in [7, 11) is 0. The number of carbonyl (C=O) groups excluding carboxylic acids is 1. The van der Waals surface area contributed by atoms with E-state index < -0.39 is 5.60 Å². The third kappa shape index (κ3) is 4.97. The van der Waals surface area contributed by atoms with E-state index in [9.17, 15) is 4.79 Å². The summed E-state index contributed by atoms with van der Waals surface area (Å²) in [6.07, 6.45) is 6.90. The number of amides is 1. The van der Waals surface area contributed by atoms with Crippen molar-refractivity contribution in [3.05, 3.63) is 36.3 Å². The summed E-state index contributed by atoms with van der Waals surface area (Å²) in [4.78, 5) is 18.3. The maximum absolute atomic E-state index is 12.1. The summed E-state index contributed by atoms with van der Waals surface area (Å²) in [5.74, 6) is 0.672. The van der Waals surface area contributed by atoms with Crippen molar-refractivity contribution in [2.75, 3.05) is 19.6 Å². The van der Waals surface area contributed by atoms with Gasteiger partial charge in [-0.15, -0.1) is 0 Å². The fourth-order valence-electron chi connectivity index (χ4n) is 3.40. The number of nitrogens with zero attached hydrogens (tertiary/aromatic N) is 3. The van der Waals surface area contributed by atoms with E-state index in [0.717, 1.165) is 51.1 Å². The van der Waals surface area contributed by atoms with Crippen LogP contribution in [0.1, 0.15) is 45.7 Å². The SMILES string of the molecule is CC(C)(C)OC(=O)N1CCC(CCNCc2cccc3nccn23)CC1. The normalized spacial score (nSPS) is 16.2. The molecule has 0 unspecified atom stereocenters. The minimum atomic E-state index is -0.421. The van der Waals surface area contributed by atoms with Gasteiger partial charge in [-0.3, -0.25) is 0 Å². The average Bonchev–Trinajstić information content (AvgIpc) is 3.07. The Kier molecular flexibility index (Phi) is 5.81. The molecule has 0 radical (unpaired) electrons. The molecule has 0 aromatic carbocycles. The van der Waals surface area contributed by atoms with Crippen LogP contribution in [0.15, 0.2) is 30.6 Å². The number of piperidine rings is 1. The highest BCUT2D eigenvalue weighted by Gasteiger charge is 2.26. The molecule has 6 nitrogen and oxygen atoms in total. The van der Waals surface area contributed by atoms with E-state index in [0.29, 0.717) is 5.92 Å². The van der Waals surface area contributed by atoms with Crippen LogP contribution < -0.4 is 5.32 Å². The summed E-state index contributed by atoms with van der Waals surface area (Å²) < 4.78 is 7.57. The lowest BCUT2D eigenvalue weighted by atomic mass is 9.94. The maximum Gasteiger partial charge on any atom is 0.410 e. The number of imidazole rings is 1. The van der Waals surface area contributed by atoms with Crippen LogP contribution in [0.25, 0.3) is 5.65 Å². The van der Waals surface area contributed by atoms with E-state index >= 15 is 0 Å². The molecule has 0 atom stereocenters. The van der Waals surface area contributed by atoms with Gasteiger partial charge in [0.2, 0.25) is 0 Å². The Morgan fingerprint density at radius 1 is 1.31 bits per heavy atom. The number of rotatable bonds is 5. The molecule has 26 heavy (non-hydrogen) atoms. The smallest absolute Gasteiger partial charge is 0.410 e. The van der Waals surface area contributed by atoms with Gasteiger partial charge in [0.15, 0.2) is 0 Å². The fraction of sp³-hybridized carbons (Fsp3) is 0.600. The molecule has 1 aliphatic rings. The number of ether oxygens (including phenoxy) is 1. The van der Waals surface area contributed by atoms with E-state index in [1.165, 1.54) is 5.69 Å². The van der Waals surface area contributed by atoms with Crippen molar-refractivity contribution in [2.24, 2.45) is 5.92 Å². The van der Waals surface area contributed by atoms with Gasteiger partial charge in [-0.25, -0.2) is 9.78 Å². The molecule has 0 saturated carbocycles. The summed E-state index contributed by atoms with van der Waals surface area (Å²) in [6, 6.07) is 6.19. The molecule has 2 aromatic rings. The minimum Gasteiger partial charge on any atom is -0.444 e. The zero-order valence-electron chi connectivity index (χ0n) is 16.1. The molecule has 3 heterocycles. The van der Waals surface area contributed by atoms with Gasteiger partial charge in [-0.1, -0.05) is 6.07 Å². The molecule has 6 heteroatoms. The molecule has 142 valence electrons. The number of hydrogen-bond acceptors (Lipinski definition) is 4. The summed E-state index contributed by atoms with van der Waals surface area (Å²) in [5.41, 5.74) is 1.79. The van der Waals surface area contributed by atoms with Crippen LogP contribution in [0, 0.1) is 5.92 Å². The van der Waals surface area contributed by atoms with E-state index in [2.05, 4.69) is 20.8 Å². The molecule has 1 aliphatic heterocycles. The molecular weight excluding hydrogens is 328 g/mol. The van der Waals surface area contributed by atoms with Crippen molar-refractivity contribution < 1.29 is 9.53 Å². The lowest BCUT2D eigenvalue weighted by Gasteiger charge is -2.33. The van der Waals surface area contributed by atoms with Crippen LogP contribution >= 0.6 is 0 Å². The van der Waals surface area contributed by atoms with Crippen LogP contribution in [0.5, 0.6) is 0 Å². The van der Waals surface area contributed by atoms with Crippen LogP contribution in [-0.2, 0) is 11.3 Å². The number of nitrogens with one attached hydrogen (secondary N) is 1. The molecule has 0 spiro atoms. The Balaban J connectivity index is 1.37. The number of aromatic nitrogens is 2. The van der Waals surface area contributed by atoms with Gasteiger partial charge >= 0.3 is 6.09 Å². The Morgan fingerprint density at radius 2 is 2.08 bits per heavy atom. The summed E-state index contributed by atoms with van der Waals surface area (Å²) in [5, 5.41) is 3.54. The molecule has 0 aliphatic carbocycles. The predicted molar refractivity (Wildman–Crippen MR) is 102 cm³/mol. The first-order valence-corrected chi connectivity index (χ1v) is 9.52. The van der Waals surface area contributed by atoms with Gasteiger partial charge in [-0.05, 0) is 64.6 Å². The number of carbonyl (C=O) groups is 1. The van der Waals surface area contributed by atoms with Crippen LogP contribution in [0.4, 0.5) is 4.79 Å². The third-order valence-electron chi connectivity index (χ3n) is 4.81. The number of pyridine rings is 1. The second-order valence-electron chi connectivity index (χ2n) is 8.05. The molecule has 1 amide bonds. The topological polar surface area (TPSA) is 58.9 Å². The summed E-state index contributed by atoms with van der Waals surface area (Å²) >= 11 is 0. The van der Waals surface area contributed by atoms with Crippen molar-refractivity contribution in [2.45, 2.75) is 52.2 Å². The molecule has 1 N–H and O–H groups in total. The van der Waals surface area contributed by atoms with Crippen molar-refractivity contribution in [1.29, 1.82) is 0 Å². The second kappa shape index (κ2) is 8.08. The Morgan fingerprint density at radius 3 is 2.81 bits per heavy atom. The van der Waals surface area contributed by atoms with E-state index in [4.69, 9.17) is 4.74 Å². The van der Waals surface area contributed by atoms with Crippen LogP contribution in [-0.4, -0.2) is 45.6 Å². The van der Waals surface area contributed by atoms with Crippen LogP contribution in [0.2, 0.25) is 0 Å². The van der Waals surface area contributed by atoms with Gasteiger partial charge in [-0.2, -0.15) is 0 Å². The Labute approximate surface area is 155 Å². The van der Waals surface area contributed by atoms with Crippen molar-refractivity contribution >= 4 is 11.7 Å². The lowest BCUT2D eigenvalue weighted by molar-refractivity contribution is 0.0181. The van der Waals surface area contributed by atoms with Crippen molar-refractivity contribution in [3.8, 4) is 0 Å². The van der Waals surface area contributed by atoms with Gasteiger partial charge in [0, 0.05) is 37.7 Å². The molecule has 1 fully saturated rings. The van der Waals surface area contributed by atoms with E-state index in [-0.39, 0.29) is 6.09 Å². The quantitative estimate of drug-likeness (QED) is 0.832. The number of hydrogen-bond donors (Lipinski definition) is 1. The summed E-state index contributed by atoms with van der Waals surface area (Å²) in [6.45, 7) is 9.16. The van der Waals surface area contributed by atoms with Crippen molar-refractivity contribution in [3.63, 3.8) is 0 Å². The first-order valence-electron chi connectivity index (χ1n) is 9.52. The predicted octanol–water partition coefficient (Wildman–Crippen LogP) is 3.46. The lowest BCUT2D eigenvalue weighted by Crippen LogP contribution is -2.42. The maximum atomic E-state index is 12.1. The fourth-order valence-corrected chi connectivity index (χ4v) is 3.40. The van der Waals surface area contributed by atoms with Crippen LogP contribution in [0.3, 0.4) is 0 Å². The van der Waals surface area contributed by atoms with E-state index in [1.807, 2.05) is 50.2 Å².